The van der Waals surface area contributed by atoms with E-state index in [1.54, 1.807) is 24.3 Å². The number of benzene rings is 2. The second-order valence-electron chi connectivity index (χ2n) is 4.67. The Balaban J connectivity index is 1.78. The van der Waals surface area contributed by atoms with Crippen LogP contribution >= 0.6 is 11.6 Å². The Morgan fingerprint density at radius 3 is 2.32 bits per heavy atom. The number of sulfonamides is 1. The topological polar surface area (TPSA) is 67.8 Å². The molecule has 114 valence electrons. The van der Waals surface area contributed by atoms with Gasteiger partial charge in [0.25, 0.3) is 10.0 Å². The molecule has 1 aliphatic heterocycles. The monoisotopic (exact) mass is 336 g/mol. The standard InChI is InChI=1S/C15H13ClN2O3S/c16-12-3-7-14(8-4-12)22(19,20)18-13-5-1-11(2-6-13)15-17-9-10-21-15/h1-8,18H,9-10H2. The molecule has 0 saturated carbocycles. The van der Waals surface area contributed by atoms with Crippen molar-refractivity contribution in [1.29, 1.82) is 0 Å². The van der Waals surface area contributed by atoms with E-state index in [1.165, 1.54) is 24.3 Å². The summed E-state index contributed by atoms with van der Waals surface area (Å²) in [4.78, 5) is 4.37. The number of ether oxygens (including phenoxy) is 1. The zero-order valence-electron chi connectivity index (χ0n) is 11.5. The fourth-order valence-corrected chi connectivity index (χ4v) is 3.20. The first kappa shape index (κ1) is 14.9. The predicted molar refractivity (Wildman–Crippen MR) is 86.1 cm³/mol. The van der Waals surface area contributed by atoms with Crippen LogP contribution in [0.4, 0.5) is 5.69 Å². The normalized spacial score (nSPS) is 14.3. The van der Waals surface area contributed by atoms with Crippen LogP contribution in [0.1, 0.15) is 5.56 Å². The molecule has 5 nitrogen and oxygen atoms in total. The second kappa shape index (κ2) is 5.98. The van der Waals surface area contributed by atoms with Gasteiger partial charge >= 0.3 is 0 Å². The lowest BCUT2D eigenvalue weighted by Gasteiger charge is -2.09. The lowest BCUT2D eigenvalue weighted by Crippen LogP contribution is -2.13. The molecular weight excluding hydrogens is 324 g/mol. The van der Waals surface area contributed by atoms with E-state index in [2.05, 4.69) is 9.71 Å². The van der Waals surface area contributed by atoms with E-state index >= 15 is 0 Å². The molecule has 7 heteroatoms. The summed E-state index contributed by atoms with van der Waals surface area (Å²) in [6.07, 6.45) is 0. The Labute approximate surface area is 133 Å². The fourth-order valence-electron chi connectivity index (χ4n) is 2.02. The van der Waals surface area contributed by atoms with E-state index < -0.39 is 10.0 Å². The van der Waals surface area contributed by atoms with Crippen molar-refractivity contribution in [3.63, 3.8) is 0 Å². The summed E-state index contributed by atoms with van der Waals surface area (Å²) < 4.78 is 32.4. The minimum atomic E-state index is -3.63. The Hall–Kier alpha value is -2.05. The van der Waals surface area contributed by atoms with Crippen LogP contribution < -0.4 is 4.72 Å². The third-order valence-electron chi connectivity index (χ3n) is 3.09. The van der Waals surface area contributed by atoms with Gasteiger partial charge in [0.15, 0.2) is 0 Å². The number of halogens is 1. The molecule has 0 spiro atoms. The zero-order chi connectivity index (χ0) is 15.6. The Morgan fingerprint density at radius 2 is 1.73 bits per heavy atom. The fraction of sp³-hybridized carbons (Fsp3) is 0.133. The van der Waals surface area contributed by atoms with Crippen molar-refractivity contribution in [2.24, 2.45) is 4.99 Å². The van der Waals surface area contributed by atoms with Gasteiger partial charge < -0.3 is 4.74 Å². The third-order valence-corrected chi connectivity index (χ3v) is 4.74. The minimum Gasteiger partial charge on any atom is -0.476 e. The van der Waals surface area contributed by atoms with Crippen LogP contribution in [0.3, 0.4) is 0 Å². The smallest absolute Gasteiger partial charge is 0.261 e. The number of hydrogen-bond donors (Lipinski definition) is 1. The van der Waals surface area contributed by atoms with Crippen LogP contribution in [-0.4, -0.2) is 27.5 Å². The summed E-state index contributed by atoms with van der Waals surface area (Å²) in [5, 5.41) is 0.487. The van der Waals surface area contributed by atoms with Crippen molar-refractivity contribution < 1.29 is 13.2 Å². The average Bonchev–Trinajstić information content (AvgIpc) is 3.02. The van der Waals surface area contributed by atoms with Crippen LogP contribution in [0, 0.1) is 0 Å². The van der Waals surface area contributed by atoms with Gasteiger partial charge in [-0.15, -0.1) is 0 Å². The van der Waals surface area contributed by atoms with E-state index in [9.17, 15) is 8.42 Å². The van der Waals surface area contributed by atoms with Crippen LogP contribution in [-0.2, 0) is 14.8 Å². The lowest BCUT2D eigenvalue weighted by molar-refractivity contribution is 0.348. The van der Waals surface area contributed by atoms with E-state index in [-0.39, 0.29) is 4.90 Å². The molecule has 0 bridgehead atoms. The van der Waals surface area contributed by atoms with Gasteiger partial charge in [0.2, 0.25) is 5.90 Å². The molecule has 0 atom stereocenters. The maximum Gasteiger partial charge on any atom is 0.261 e. The molecule has 1 heterocycles. The SMILES string of the molecule is O=S(=O)(Nc1ccc(C2=NCCO2)cc1)c1ccc(Cl)cc1. The van der Waals surface area contributed by atoms with E-state index in [1.807, 2.05) is 0 Å². The second-order valence-corrected chi connectivity index (χ2v) is 6.79. The molecular formula is C15H13ClN2O3S. The molecule has 2 aromatic carbocycles. The highest BCUT2D eigenvalue weighted by atomic mass is 35.5. The number of nitrogens with one attached hydrogen (secondary N) is 1. The van der Waals surface area contributed by atoms with Gasteiger partial charge in [-0.05, 0) is 48.5 Å². The molecule has 0 aliphatic carbocycles. The van der Waals surface area contributed by atoms with Gasteiger partial charge in [0.1, 0.15) is 6.61 Å². The molecule has 0 aromatic heterocycles. The summed E-state index contributed by atoms with van der Waals surface area (Å²) in [6.45, 7) is 1.24. The first-order valence-corrected chi connectivity index (χ1v) is 8.47. The van der Waals surface area contributed by atoms with Crippen molar-refractivity contribution in [3.8, 4) is 0 Å². The molecule has 1 N–H and O–H groups in total. The molecule has 3 rings (SSSR count). The number of nitrogens with zero attached hydrogens (tertiary/aromatic N) is 1. The highest BCUT2D eigenvalue weighted by Gasteiger charge is 2.15. The number of aliphatic imine (C=N–C) groups is 1. The van der Waals surface area contributed by atoms with Gasteiger partial charge in [-0.1, -0.05) is 11.6 Å². The summed E-state index contributed by atoms with van der Waals surface area (Å²) >= 11 is 5.76. The van der Waals surface area contributed by atoms with Gasteiger partial charge in [-0.2, -0.15) is 0 Å². The van der Waals surface area contributed by atoms with Crippen molar-refractivity contribution in [2.45, 2.75) is 4.90 Å². The lowest BCUT2D eigenvalue weighted by atomic mass is 10.2. The molecule has 0 amide bonds. The quantitative estimate of drug-likeness (QED) is 0.933. The highest BCUT2D eigenvalue weighted by molar-refractivity contribution is 7.92. The van der Waals surface area contributed by atoms with E-state index in [0.717, 1.165) is 5.56 Å². The number of rotatable bonds is 4. The first-order chi connectivity index (χ1) is 10.5. The van der Waals surface area contributed by atoms with E-state index in [4.69, 9.17) is 16.3 Å². The van der Waals surface area contributed by atoms with Gasteiger partial charge in [0.05, 0.1) is 11.4 Å². The largest absolute Gasteiger partial charge is 0.476 e. The third kappa shape index (κ3) is 3.23. The Morgan fingerprint density at radius 1 is 1.05 bits per heavy atom. The van der Waals surface area contributed by atoms with Crippen LogP contribution in [0.5, 0.6) is 0 Å². The maximum atomic E-state index is 12.3. The Kier molecular flexibility index (Phi) is 4.04. The van der Waals surface area contributed by atoms with Gasteiger partial charge in [0, 0.05) is 16.3 Å². The number of hydrogen-bond acceptors (Lipinski definition) is 4. The molecule has 2 aromatic rings. The zero-order valence-corrected chi connectivity index (χ0v) is 13.1. The minimum absolute atomic E-state index is 0.157. The van der Waals surface area contributed by atoms with Crippen molar-refractivity contribution in [2.75, 3.05) is 17.9 Å². The Bertz CT molecular complexity index is 800. The molecule has 0 unspecified atom stereocenters. The molecule has 0 saturated heterocycles. The summed E-state index contributed by atoms with van der Waals surface area (Å²) in [6, 6.07) is 12.9. The average molecular weight is 337 g/mol. The summed E-state index contributed by atoms with van der Waals surface area (Å²) in [5.74, 6) is 0.590. The maximum absolute atomic E-state index is 12.3. The van der Waals surface area contributed by atoms with Crippen molar-refractivity contribution in [1.82, 2.24) is 0 Å². The summed E-state index contributed by atoms with van der Waals surface area (Å²) in [7, 11) is -3.63. The van der Waals surface area contributed by atoms with Gasteiger partial charge in [-0.3, -0.25) is 4.72 Å². The highest BCUT2D eigenvalue weighted by Crippen LogP contribution is 2.19. The molecule has 0 radical (unpaired) electrons. The van der Waals surface area contributed by atoms with Crippen molar-refractivity contribution >= 4 is 33.2 Å². The number of anilines is 1. The van der Waals surface area contributed by atoms with Crippen LogP contribution in [0.15, 0.2) is 58.4 Å². The van der Waals surface area contributed by atoms with Crippen LogP contribution in [0.2, 0.25) is 5.02 Å². The first-order valence-electron chi connectivity index (χ1n) is 6.61. The van der Waals surface area contributed by atoms with E-state index in [0.29, 0.717) is 29.8 Å². The molecule has 0 fully saturated rings. The predicted octanol–water partition coefficient (Wildman–Crippen LogP) is 2.92. The summed E-state index contributed by atoms with van der Waals surface area (Å²) in [5.41, 5.74) is 1.30. The van der Waals surface area contributed by atoms with Crippen molar-refractivity contribution in [3.05, 3.63) is 59.1 Å². The van der Waals surface area contributed by atoms with Gasteiger partial charge in [-0.25, -0.2) is 13.4 Å². The van der Waals surface area contributed by atoms with Crippen LogP contribution in [0.25, 0.3) is 0 Å². The molecule has 22 heavy (non-hydrogen) atoms. The molecule has 1 aliphatic rings.